The Bertz CT molecular complexity index is 5010. The monoisotopic (exact) mass is 1310 g/mol. The lowest BCUT2D eigenvalue weighted by Gasteiger charge is -2.11. The number of alkyl halides is 9. The molecule has 3 saturated carbocycles. The van der Waals surface area contributed by atoms with Gasteiger partial charge in [0, 0.05) is 28.9 Å². The second-order valence-corrected chi connectivity index (χ2v) is 26.3. The molecular formula is C74H60F9N7O4S. The number of hydrogen-bond acceptors (Lipinski definition) is 7. The fourth-order valence-corrected chi connectivity index (χ4v) is 13.3. The van der Waals surface area contributed by atoms with Gasteiger partial charge in [0.05, 0.1) is 67.8 Å². The zero-order valence-electron chi connectivity index (χ0n) is 51.0. The average Bonchev–Trinajstić information content (AvgIpc) is 1.62. The van der Waals surface area contributed by atoms with Gasteiger partial charge in [-0.2, -0.15) is 39.5 Å². The molecule has 3 aliphatic carbocycles. The second kappa shape index (κ2) is 24.8. The van der Waals surface area contributed by atoms with Crippen LogP contribution in [0.25, 0.3) is 66.5 Å². The van der Waals surface area contributed by atoms with Gasteiger partial charge in [-0.25, -0.2) is 23.4 Å². The number of benzene rings is 9. The number of carbonyl (C=O) groups is 1. The molecule has 3 heterocycles. The van der Waals surface area contributed by atoms with Crippen molar-refractivity contribution in [2.24, 2.45) is 0 Å². The number of para-hydroxylation sites is 1. The standard InChI is InChI=1S/C25H21F3N2O.C25H19F3N2O.C24H20F3N3O2S/c2*1-14(31)18-7-2-3-8-19(18)16-9-10-22-23(12-16)30-24(29-22)21-13-20(21)15-5-4-6-17(11-15)25(26,27)28;1-33(31,32)30-20-8-3-2-7-17(20)15-9-10-21-22(12-15)29-23(28-21)19-13-18(19)14-5-4-6-16(11-14)24(25,26)27/h2-12,14,20-21,31H,13H2,1H3,(H,29,30);2-12,20-21H,13H2,1H3,(H,29,30);2-12,18-19,30H,13H2,1H3,(H,28,29). The van der Waals surface area contributed by atoms with Gasteiger partial charge in [0.1, 0.15) is 17.5 Å². The molecule has 21 heteroatoms. The summed E-state index contributed by atoms with van der Waals surface area (Å²) in [6.45, 7) is 3.29. The Hall–Kier alpha value is -9.86. The number of aliphatic hydroxyl groups excluding tert-OH is 1. The molecular weight excluding hydrogens is 1250 g/mol. The SMILES string of the molecule is CC(=O)c1ccccc1-c1ccc2nc(C3CC3c3cccc(C(F)(F)F)c3)[nH]c2c1.CC(O)c1ccccc1-c1ccc2nc(C3CC3c3cccc(C(F)(F)F)c3)[nH]c2c1.CS(=O)(=O)Nc1ccccc1-c1ccc2nc(C3CC3c3cccc(C(F)(F)F)c3)[nH]c2c1. The Labute approximate surface area is 539 Å². The Kier molecular flexibility index (Phi) is 16.7. The summed E-state index contributed by atoms with van der Waals surface area (Å²) in [5.74, 6) is 2.59. The summed E-state index contributed by atoms with van der Waals surface area (Å²) in [7, 11) is -3.43. The molecule has 0 aliphatic heterocycles. The Morgan fingerprint density at radius 1 is 0.463 bits per heavy atom. The quantitative estimate of drug-likeness (QED) is 0.0565. The molecule has 9 aromatic carbocycles. The van der Waals surface area contributed by atoms with Gasteiger partial charge in [-0.05, 0) is 162 Å². The number of rotatable bonds is 13. The molecule has 3 fully saturated rings. The minimum atomic E-state index is -4.36. The Morgan fingerprint density at radius 3 is 1.21 bits per heavy atom. The molecule has 0 radical (unpaired) electrons. The smallest absolute Gasteiger partial charge is 0.389 e. The predicted octanol–water partition coefficient (Wildman–Crippen LogP) is 19.2. The number of carbonyl (C=O) groups excluding carboxylic acids is 1. The van der Waals surface area contributed by atoms with Crippen molar-refractivity contribution in [1.82, 2.24) is 29.9 Å². The normalized spacial score (nSPS) is 18.7. The van der Waals surface area contributed by atoms with E-state index in [0.717, 1.165) is 133 Å². The summed E-state index contributed by atoms with van der Waals surface area (Å²) in [6, 6.07) is 56.3. The van der Waals surface area contributed by atoms with Crippen molar-refractivity contribution in [3.05, 3.63) is 262 Å². The first-order valence-corrected chi connectivity index (χ1v) is 32.5. The zero-order valence-corrected chi connectivity index (χ0v) is 51.9. The highest BCUT2D eigenvalue weighted by Gasteiger charge is 2.45. The minimum absolute atomic E-state index is 0.00269. The van der Waals surface area contributed by atoms with Gasteiger partial charge in [-0.3, -0.25) is 9.52 Å². The molecule has 7 unspecified atom stereocenters. The maximum atomic E-state index is 13.1. The van der Waals surface area contributed by atoms with E-state index in [9.17, 15) is 57.8 Å². The number of Topliss-reactive ketones (excluding diaryl/α,β-unsaturated/α-hetero) is 1. The number of H-pyrrole nitrogens is 3. The topological polar surface area (TPSA) is 170 Å². The number of fused-ring (bicyclic) bond motifs is 3. The fraction of sp³-hybridized carbons (Fsp3) is 0.216. The second-order valence-electron chi connectivity index (χ2n) is 24.6. The maximum absolute atomic E-state index is 13.1. The molecule has 484 valence electrons. The van der Waals surface area contributed by atoms with E-state index in [-0.39, 0.29) is 41.3 Å². The summed E-state index contributed by atoms with van der Waals surface area (Å²) in [5.41, 5.74) is 12.3. The van der Waals surface area contributed by atoms with E-state index in [1.807, 2.05) is 115 Å². The van der Waals surface area contributed by atoms with E-state index in [1.165, 1.54) is 36.4 Å². The first-order chi connectivity index (χ1) is 45.2. The predicted molar refractivity (Wildman–Crippen MR) is 348 cm³/mol. The molecule has 3 aromatic heterocycles. The van der Waals surface area contributed by atoms with E-state index in [4.69, 9.17) is 0 Å². The molecule has 12 aromatic rings. The van der Waals surface area contributed by atoms with Gasteiger partial charge < -0.3 is 20.1 Å². The number of nitrogens with zero attached hydrogens (tertiary/aromatic N) is 3. The molecule has 0 bridgehead atoms. The van der Waals surface area contributed by atoms with Gasteiger partial charge in [-0.1, -0.05) is 140 Å². The molecule has 15 rings (SSSR count). The lowest BCUT2D eigenvalue weighted by Crippen LogP contribution is -2.10. The van der Waals surface area contributed by atoms with E-state index in [1.54, 1.807) is 44.2 Å². The maximum Gasteiger partial charge on any atom is 0.416 e. The van der Waals surface area contributed by atoms with Gasteiger partial charge >= 0.3 is 18.5 Å². The van der Waals surface area contributed by atoms with Crippen molar-refractivity contribution in [1.29, 1.82) is 0 Å². The molecule has 7 atom stereocenters. The number of aliphatic hydroxyl groups is 1. The molecule has 0 amide bonds. The van der Waals surface area contributed by atoms with Crippen molar-refractivity contribution in [2.45, 2.75) is 93.3 Å². The number of imidazole rings is 3. The van der Waals surface area contributed by atoms with E-state index in [0.29, 0.717) is 27.9 Å². The number of ketones is 1. The first-order valence-electron chi connectivity index (χ1n) is 30.7. The first kappa shape index (κ1) is 63.9. The number of hydrogen-bond donors (Lipinski definition) is 5. The summed E-state index contributed by atoms with van der Waals surface area (Å²) in [5, 5.41) is 10.1. The third-order valence-electron chi connectivity index (χ3n) is 17.7. The minimum Gasteiger partial charge on any atom is -0.389 e. The van der Waals surface area contributed by atoms with E-state index < -0.39 is 51.3 Å². The van der Waals surface area contributed by atoms with E-state index in [2.05, 4.69) is 34.6 Å². The highest BCUT2D eigenvalue weighted by Crippen LogP contribution is 2.57. The van der Waals surface area contributed by atoms with Crippen LogP contribution < -0.4 is 4.72 Å². The number of aromatic nitrogens is 6. The van der Waals surface area contributed by atoms with Gasteiger partial charge in [0.2, 0.25) is 10.0 Å². The average molecular weight is 1310 g/mol. The van der Waals surface area contributed by atoms with Crippen LogP contribution in [-0.4, -0.2) is 55.5 Å². The van der Waals surface area contributed by atoms with Crippen LogP contribution in [0.4, 0.5) is 45.2 Å². The number of nitrogens with one attached hydrogen (secondary N) is 4. The number of sulfonamides is 1. The lowest BCUT2D eigenvalue weighted by molar-refractivity contribution is -0.138. The van der Waals surface area contributed by atoms with Crippen LogP contribution in [0.2, 0.25) is 0 Å². The van der Waals surface area contributed by atoms with E-state index >= 15 is 0 Å². The molecule has 3 aliphatic rings. The van der Waals surface area contributed by atoms with Crippen LogP contribution in [0, 0.1) is 0 Å². The fourth-order valence-electron chi connectivity index (χ4n) is 12.7. The number of anilines is 1. The molecule has 0 spiro atoms. The molecule has 0 saturated heterocycles. The van der Waals surface area contributed by atoms with Crippen molar-refractivity contribution in [3.63, 3.8) is 0 Å². The zero-order chi connectivity index (χ0) is 66.9. The van der Waals surface area contributed by atoms with Crippen molar-refractivity contribution >= 4 is 54.6 Å². The van der Waals surface area contributed by atoms with Crippen molar-refractivity contribution in [2.75, 3.05) is 11.0 Å². The molecule has 95 heavy (non-hydrogen) atoms. The van der Waals surface area contributed by atoms with Gasteiger partial charge in [0.15, 0.2) is 5.78 Å². The highest BCUT2D eigenvalue weighted by molar-refractivity contribution is 7.92. The van der Waals surface area contributed by atoms with Crippen LogP contribution in [0.5, 0.6) is 0 Å². The summed E-state index contributed by atoms with van der Waals surface area (Å²) >= 11 is 0. The largest absolute Gasteiger partial charge is 0.416 e. The number of aromatic amines is 3. The van der Waals surface area contributed by atoms with Crippen LogP contribution in [0.1, 0.15) is 141 Å². The van der Waals surface area contributed by atoms with Crippen molar-refractivity contribution in [3.8, 4) is 33.4 Å². The van der Waals surface area contributed by atoms with Gasteiger partial charge in [0.25, 0.3) is 0 Å². The molecule has 5 N–H and O–H groups in total. The van der Waals surface area contributed by atoms with Gasteiger partial charge in [-0.15, -0.1) is 0 Å². The Morgan fingerprint density at radius 2 is 0.821 bits per heavy atom. The third-order valence-corrected chi connectivity index (χ3v) is 18.3. The summed E-state index contributed by atoms with van der Waals surface area (Å²) < 4.78 is 143. The third kappa shape index (κ3) is 14.0. The summed E-state index contributed by atoms with van der Waals surface area (Å²) in [6.07, 6.45) is -10.2. The molecule has 11 nitrogen and oxygen atoms in total. The van der Waals surface area contributed by atoms with Crippen LogP contribution in [0.15, 0.2) is 200 Å². The van der Waals surface area contributed by atoms with Crippen LogP contribution in [-0.2, 0) is 28.6 Å². The highest BCUT2D eigenvalue weighted by atomic mass is 32.2. The van der Waals surface area contributed by atoms with Crippen molar-refractivity contribution < 1.29 is 57.8 Å². The number of halogens is 9. The summed E-state index contributed by atoms with van der Waals surface area (Å²) in [4.78, 5) is 36.0. The van der Waals surface area contributed by atoms with Crippen LogP contribution >= 0.6 is 0 Å². The lowest BCUT2D eigenvalue weighted by atomic mass is 9.96. The van der Waals surface area contributed by atoms with Crippen LogP contribution in [0.3, 0.4) is 0 Å². The Balaban J connectivity index is 0.000000129.